The first kappa shape index (κ1) is 21.1. The van der Waals surface area contributed by atoms with Crippen LogP contribution in [0.4, 0.5) is 0 Å². The van der Waals surface area contributed by atoms with Crippen LogP contribution in [-0.4, -0.2) is 19.9 Å². The summed E-state index contributed by atoms with van der Waals surface area (Å²) in [6.07, 6.45) is 11.5. The first-order valence-electron chi connectivity index (χ1n) is 11.5. The minimum atomic E-state index is 1.08. The number of hydrogen-bond donors (Lipinski definition) is 0. The van der Waals surface area contributed by atoms with Crippen LogP contribution < -0.4 is 0 Å². The predicted octanol–water partition coefficient (Wildman–Crippen LogP) is 8.36. The van der Waals surface area contributed by atoms with Crippen molar-refractivity contribution in [2.75, 3.05) is 0 Å². The van der Waals surface area contributed by atoms with Crippen LogP contribution >= 0.6 is 22.7 Å². The fraction of sp³-hybridized carbons (Fsp3) is 0. The molecule has 0 aliphatic rings. The molecule has 7 aromatic rings. The van der Waals surface area contributed by atoms with Crippen LogP contribution in [0.3, 0.4) is 0 Å². The zero-order valence-electron chi connectivity index (χ0n) is 19.0. The van der Waals surface area contributed by atoms with E-state index >= 15 is 0 Å². The summed E-state index contributed by atoms with van der Waals surface area (Å²) in [7, 11) is 0. The lowest BCUT2D eigenvalue weighted by Gasteiger charge is -2.18. The average Bonchev–Trinajstić information content (AvgIpc) is 3.67. The van der Waals surface area contributed by atoms with Crippen LogP contribution in [0.2, 0.25) is 0 Å². The van der Waals surface area contributed by atoms with Crippen LogP contribution in [0, 0.1) is 0 Å². The number of fused-ring (bicyclic) bond motifs is 2. The van der Waals surface area contributed by atoms with Crippen molar-refractivity contribution in [3.63, 3.8) is 0 Å². The van der Waals surface area contributed by atoms with Gasteiger partial charge in [0.1, 0.15) is 0 Å². The minimum absolute atomic E-state index is 1.08. The lowest BCUT2D eigenvalue weighted by Crippen LogP contribution is -1.92. The number of thiazole rings is 2. The van der Waals surface area contributed by atoms with Gasteiger partial charge < -0.3 is 0 Å². The first-order chi connectivity index (χ1) is 17.9. The number of benzene rings is 3. The fourth-order valence-electron chi connectivity index (χ4n) is 4.89. The van der Waals surface area contributed by atoms with E-state index in [1.807, 2.05) is 48.2 Å². The molecular formula is C30H18N4S2. The van der Waals surface area contributed by atoms with Crippen LogP contribution in [0.5, 0.6) is 0 Å². The van der Waals surface area contributed by atoms with Gasteiger partial charge in [-0.15, -0.1) is 22.7 Å². The molecule has 4 nitrogen and oxygen atoms in total. The van der Waals surface area contributed by atoms with Gasteiger partial charge in [-0.25, -0.2) is 0 Å². The maximum atomic E-state index is 4.62. The van der Waals surface area contributed by atoms with Crippen LogP contribution in [-0.2, 0) is 0 Å². The summed E-state index contributed by atoms with van der Waals surface area (Å²) < 4.78 is 0. The van der Waals surface area contributed by atoms with Crippen molar-refractivity contribution in [1.29, 1.82) is 0 Å². The molecule has 0 saturated heterocycles. The molecule has 7 rings (SSSR count). The van der Waals surface area contributed by atoms with Crippen LogP contribution in [0.25, 0.3) is 64.7 Å². The molecule has 36 heavy (non-hydrogen) atoms. The number of nitrogens with zero attached hydrogens (tertiary/aromatic N) is 4. The Morgan fingerprint density at radius 2 is 0.806 bits per heavy atom. The molecule has 0 atom stereocenters. The topological polar surface area (TPSA) is 51.6 Å². The van der Waals surface area contributed by atoms with Crippen molar-refractivity contribution in [3.8, 4) is 43.1 Å². The molecule has 0 saturated carbocycles. The van der Waals surface area contributed by atoms with E-state index in [1.165, 1.54) is 32.7 Å². The standard InChI is InChI=1S/C30H18N4S2/c1-2-6-24-23(5-1)29(21-9-19(11-31-13-21)27-15-33-17-35-27)25-7-3-4-8-26(25)30(24)22-10-20(12-32-14-22)28-16-34-18-36-28/h1-18H. The van der Waals surface area contributed by atoms with Crippen molar-refractivity contribution in [1.82, 2.24) is 19.9 Å². The van der Waals surface area contributed by atoms with Gasteiger partial charge in [0.25, 0.3) is 0 Å². The van der Waals surface area contributed by atoms with Crippen LogP contribution in [0.15, 0.2) is 109 Å². The summed E-state index contributed by atoms with van der Waals surface area (Å²) in [6.45, 7) is 0. The molecule has 3 aromatic carbocycles. The van der Waals surface area contributed by atoms with Crippen molar-refractivity contribution >= 4 is 44.2 Å². The van der Waals surface area contributed by atoms with E-state index in [-0.39, 0.29) is 0 Å². The predicted molar refractivity (Wildman–Crippen MR) is 150 cm³/mol. The van der Waals surface area contributed by atoms with Gasteiger partial charge in [-0.3, -0.25) is 19.9 Å². The first-order valence-corrected chi connectivity index (χ1v) is 13.2. The molecule has 0 spiro atoms. The van der Waals surface area contributed by atoms with E-state index in [4.69, 9.17) is 0 Å². The van der Waals surface area contributed by atoms with Crippen molar-refractivity contribution in [2.24, 2.45) is 0 Å². The van der Waals surface area contributed by atoms with Gasteiger partial charge in [0, 0.05) is 59.4 Å². The van der Waals surface area contributed by atoms with Gasteiger partial charge in [-0.1, -0.05) is 48.5 Å². The summed E-state index contributed by atoms with van der Waals surface area (Å²) >= 11 is 3.25. The van der Waals surface area contributed by atoms with E-state index < -0.39 is 0 Å². The molecular weight excluding hydrogens is 480 g/mol. The molecule has 4 aromatic heterocycles. The maximum Gasteiger partial charge on any atom is 0.0797 e. The number of aromatic nitrogens is 4. The number of pyridine rings is 2. The third-order valence-corrected chi connectivity index (χ3v) is 8.06. The normalized spacial score (nSPS) is 11.3. The number of hydrogen-bond acceptors (Lipinski definition) is 6. The zero-order chi connectivity index (χ0) is 23.9. The molecule has 170 valence electrons. The molecule has 0 aliphatic carbocycles. The van der Waals surface area contributed by atoms with Crippen LogP contribution in [0.1, 0.15) is 0 Å². The van der Waals surface area contributed by atoms with Crippen molar-refractivity contribution in [2.45, 2.75) is 0 Å². The van der Waals surface area contributed by atoms with E-state index in [0.717, 1.165) is 32.0 Å². The fourth-order valence-corrected chi connectivity index (χ4v) is 6.10. The van der Waals surface area contributed by atoms with E-state index in [2.05, 4.69) is 80.6 Å². The lowest BCUT2D eigenvalue weighted by molar-refractivity contribution is 1.33. The van der Waals surface area contributed by atoms with E-state index in [9.17, 15) is 0 Å². The third kappa shape index (κ3) is 3.50. The van der Waals surface area contributed by atoms with Gasteiger partial charge >= 0.3 is 0 Å². The van der Waals surface area contributed by atoms with Gasteiger partial charge in [0.05, 0.1) is 20.8 Å². The summed E-state index contributed by atoms with van der Waals surface area (Å²) in [5.74, 6) is 0. The van der Waals surface area contributed by atoms with E-state index in [0.29, 0.717) is 0 Å². The largest absolute Gasteiger partial charge is 0.263 e. The highest BCUT2D eigenvalue weighted by atomic mass is 32.1. The Bertz CT molecular complexity index is 1650. The second-order valence-corrected chi connectivity index (χ2v) is 10.3. The smallest absolute Gasteiger partial charge is 0.0797 e. The lowest BCUT2D eigenvalue weighted by atomic mass is 9.86. The molecule has 0 amide bonds. The van der Waals surface area contributed by atoms with Gasteiger partial charge in [-0.2, -0.15) is 0 Å². The second kappa shape index (κ2) is 8.75. The highest BCUT2D eigenvalue weighted by molar-refractivity contribution is 7.13. The number of rotatable bonds is 4. The molecule has 6 heteroatoms. The minimum Gasteiger partial charge on any atom is -0.263 e. The van der Waals surface area contributed by atoms with Crippen molar-refractivity contribution in [3.05, 3.63) is 109 Å². The molecule has 0 bridgehead atoms. The average molecular weight is 499 g/mol. The highest BCUT2D eigenvalue weighted by Gasteiger charge is 2.18. The SMILES string of the molecule is c1ccc2c(-c3cncc(-c4cncs4)c3)c3ccccc3c(-c3cncc(-c4cncs4)c3)c2c1. The molecule has 4 heterocycles. The van der Waals surface area contributed by atoms with E-state index in [1.54, 1.807) is 22.7 Å². The summed E-state index contributed by atoms with van der Waals surface area (Å²) in [4.78, 5) is 20.0. The Hall–Kier alpha value is -4.26. The van der Waals surface area contributed by atoms with Gasteiger partial charge in [0.2, 0.25) is 0 Å². The van der Waals surface area contributed by atoms with Gasteiger partial charge in [-0.05, 0) is 44.8 Å². The molecule has 0 N–H and O–H groups in total. The molecule has 0 radical (unpaired) electrons. The quantitative estimate of drug-likeness (QED) is 0.229. The highest BCUT2D eigenvalue weighted by Crippen LogP contribution is 2.44. The third-order valence-electron chi connectivity index (χ3n) is 6.42. The zero-order valence-corrected chi connectivity index (χ0v) is 20.6. The summed E-state index contributed by atoms with van der Waals surface area (Å²) in [6, 6.07) is 21.7. The summed E-state index contributed by atoms with van der Waals surface area (Å²) in [5, 5.41) is 4.77. The Balaban J connectivity index is 1.54. The molecule has 0 unspecified atom stereocenters. The Labute approximate surface area is 215 Å². The maximum absolute atomic E-state index is 4.62. The Kier molecular flexibility index (Phi) is 5.12. The van der Waals surface area contributed by atoms with Gasteiger partial charge in [0.15, 0.2) is 0 Å². The second-order valence-electron chi connectivity index (χ2n) is 8.50. The monoisotopic (exact) mass is 498 g/mol. The molecule has 0 aliphatic heterocycles. The van der Waals surface area contributed by atoms with Crippen molar-refractivity contribution < 1.29 is 0 Å². The Morgan fingerprint density at radius 1 is 0.417 bits per heavy atom. The Morgan fingerprint density at radius 3 is 1.17 bits per heavy atom. The summed E-state index contributed by atoms with van der Waals surface area (Å²) in [5.41, 5.74) is 10.4. The molecule has 0 fully saturated rings.